The van der Waals surface area contributed by atoms with Crippen molar-refractivity contribution in [3.63, 3.8) is 0 Å². The highest BCUT2D eigenvalue weighted by Gasteiger charge is 2.28. The Bertz CT molecular complexity index is 544. The van der Waals surface area contributed by atoms with Crippen LogP contribution in [0.15, 0.2) is 4.99 Å². The van der Waals surface area contributed by atoms with Gasteiger partial charge in [-0.15, -0.1) is 0 Å². The van der Waals surface area contributed by atoms with E-state index < -0.39 is 9.84 Å². The van der Waals surface area contributed by atoms with Crippen molar-refractivity contribution in [2.75, 3.05) is 37.7 Å². The summed E-state index contributed by atoms with van der Waals surface area (Å²) in [5, 5.41) is 9.04. The first-order valence-corrected chi connectivity index (χ1v) is 10.4. The Balaban J connectivity index is 1.67. The van der Waals surface area contributed by atoms with Gasteiger partial charge in [-0.05, 0) is 26.2 Å². The van der Waals surface area contributed by atoms with E-state index in [2.05, 4.69) is 20.9 Å². The SMILES string of the molecule is CCNC(=NCC1CCCO1)NCCC(=O)NC1CCS(=O)(=O)C1. The van der Waals surface area contributed by atoms with E-state index in [0.717, 1.165) is 26.0 Å². The van der Waals surface area contributed by atoms with Crippen LogP contribution in [0.3, 0.4) is 0 Å². The van der Waals surface area contributed by atoms with E-state index in [4.69, 9.17) is 4.74 Å². The summed E-state index contributed by atoms with van der Waals surface area (Å²) < 4.78 is 28.3. The van der Waals surface area contributed by atoms with E-state index in [-0.39, 0.29) is 36.0 Å². The molecule has 2 fully saturated rings. The number of hydrogen-bond donors (Lipinski definition) is 3. The van der Waals surface area contributed by atoms with Crippen LogP contribution in [0, 0.1) is 0 Å². The van der Waals surface area contributed by atoms with Crippen molar-refractivity contribution in [1.82, 2.24) is 16.0 Å². The molecule has 2 aliphatic heterocycles. The Morgan fingerprint density at radius 2 is 2.12 bits per heavy atom. The summed E-state index contributed by atoms with van der Waals surface area (Å²) in [6.07, 6.45) is 3.10. The van der Waals surface area contributed by atoms with Crippen molar-refractivity contribution in [2.45, 2.75) is 44.8 Å². The molecular formula is C15H28N4O4S. The number of nitrogens with zero attached hydrogens (tertiary/aromatic N) is 1. The minimum Gasteiger partial charge on any atom is -0.376 e. The predicted molar refractivity (Wildman–Crippen MR) is 92.8 cm³/mol. The van der Waals surface area contributed by atoms with Crippen LogP contribution in [0.25, 0.3) is 0 Å². The number of aliphatic imine (C=N–C) groups is 1. The molecule has 0 radical (unpaired) electrons. The normalized spacial score (nSPS) is 26.3. The minimum absolute atomic E-state index is 0.0532. The third-order valence-electron chi connectivity index (χ3n) is 4.06. The monoisotopic (exact) mass is 360 g/mol. The summed E-state index contributed by atoms with van der Waals surface area (Å²) in [5.41, 5.74) is 0. The van der Waals surface area contributed by atoms with Gasteiger partial charge in [0, 0.05) is 32.2 Å². The van der Waals surface area contributed by atoms with Crippen LogP contribution in [0.4, 0.5) is 0 Å². The fourth-order valence-electron chi connectivity index (χ4n) is 2.83. The second kappa shape index (κ2) is 9.22. The zero-order chi connectivity index (χ0) is 17.4. The maximum Gasteiger partial charge on any atom is 0.222 e. The third-order valence-corrected chi connectivity index (χ3v) is 5.83. The zero-order valence-electron chi connectivity index (χ0n) is 14.2. The molecule has 8 nitrogen and oxygen atoms in total. The van der Waals surface area contributed by atoms with Crippen molar-refractivity contribution >= 4 is 21.7 Å². The standard InChI is InChI=1S/C15H28N4O4S/c1-2-16-15(18-10-13-4-3-8-23-13)17-7-5-14(20)19-12-6-9-24(21,22)11-12/h12-13H,2-11H2,1H3,(H,19,20)(H2,16,17,18). The fourth-order valence-corrected chi connectivity index (χ4v) is 4.50. The van der Waals surface area contributed by atoms with Crippen LogP contribution in [0.5, 0.6) is 0 Å². The molecular weight excluding hydrogens is 332 g/mol. The van der Waals surface area contributed by atoms with Gasteiger partial charge in [0.15, 0.2) is 15.8 Å². The van der Waals surface area contributed by atoms with Crippen LogP contribution >= 0.6 is 0 Å². The molecule has 2 rings (SSSR count). The summed E-state index contributed by atoms with van der Waals surface area (Å²) >= 11 is 0. The average molecular weight is 360 g/mol. The van der Waals surface area contributed by atoms with Crippen molar-refractivity contribution < 1.29 is 17.9 Å². The minimum atomic E-state index is -2.97. The molecule has 0 aromatic carbocycles. The number of nitrogens with one attached hydrogen (secondary N) is 3. The van der Waals surface area contributed by atoms with Gasteiger partial charge in [0.2, 0.25) is 5.91 Å². The van der Waals surface area contributed by atoms with Gasteiger partial charge in [0.25, 0.3) is 0 Å². The molecule has 0 saturated carbocycles. The lowest BCUT2D eigenvalue weighted by atomic mass is 10.2. The van der Waals surface area contributed by atoms with E-state index in [0.29, 0.717) is 25.5 Å². The van der Waals surface area contributed by atoms with Crippen LogP contribution in [-0.4, -0.2) is 70.2 Å². The highest BCUT2D eigenvalue weighted by Crippen LogP contribution is 2.12. The fraction of sp³-hybridized carbons (Fsp3) is 0.867. The van der Waals surface area contributed by atoms with Crippen LogP contribution < -0.4 is 16.0 Å². The number of ether oxygens (including phenoxy) is 1. The van der Waals surface area contributed by atoms with E-state index in [1.165, 1.54) is 0 Å². The van der Waals surface area contributed by atoms with E-state index in [9.17, 15) is 13.2 Å². The Hall–Kier alpha value is -1.35. The molecule has 0 bridgehead atoms. The molecule has 24 heavy (non-hydrogen) atoms. The zero-order valence-corrected chi connectivity index (χ0v) is 15.0. The van der Waals surface area contributed by atoms with Gasteiger partial charge in [-0.2, -0.15) is 0 Å². The van der Waals surface area contributed by atoms with E-state index in [1.807, 2.05) is 6.92 Å². The molecule has 2 aliphatic rings. The summed E-state index contributed by atoms with van der Waals surface area (Å²) in [4.78, 5) is 16.4. The highest BCUT2D eigenvalue weighted by atomic mass is 32.2. The first-order valence-electron chi connectivity index (χ1n) is 8.62. The lowest BCUT2D eigenvalue weighted by Gasteiger charge is -2.14. The largest absolute Gasteiger partial charge is 0.376 e. The van der Waals surface area contributed by atoms with Gasteiger partial charge in [-0.25, -0.2) is 8.42 Å². The number of sulfone groups is 1. The molecule has 9 heteroatoms. The highest BCUT2D eigenvalue weighted by molar-refractivity contribution is 7.91. The lowest BCUT2D eigenvalue weighted by molar-refractivity contribution is -0.121. The predicted octanol–water partition coefficient (Wildman–Crippen LogP) is -0.586. The summed E-state index contributed by atoms with van der Waals surface area (Å²) in [7, 11) is -2.97. The van der Waals surface area contributed by atoms with Crippen molar-refractivity contribution in [3.8, 4) is 0 Å². The molecule has 138 valence electrons. The Morgan fingerprint density at radius 3 is 2.75 bits per heavy atom. The Morgan fingerprint density at radius 1 is 1.29 bits per heavy atom. The van der Waals surface area contributed by atoms with Crippen molar-refractivity contribution in [1.29, 1.82) is 0 Å². The molecule has 0 spiro atoms. The molecule has 2 heterocycles. The summed E-state index contributed by atoms with van der Waals surface area (Å²) in [6.45, 7) is 4.59. The van der Waals surface area contributed by atoms with Crippen molar-refractivity contribution in [2.24, 2.45) is 4.99 Å². The van der Waals surface area contributed by atoms with Gasteiger partial charge in [-0.1, -0.05) is 0 Å². The Kier molecular flexibility index (Phi) is 7.29. The molecule has 3 N–H and O–H groups in total. The Labute approximate surface area is 143 Å². The molecule has 1 amide bonds. The van der Waals surface area contributed by atoms with Crippen molar-refractivity contribution in [3.05, 3.63) is 0 Å². The molecule has 2 unspecified atom stereocenters. The number of amides is 1. The summed E-state index contributed by atoms with van der Waals surface area (Å²) in [6, 6.07) is -0.246. The smallest absolute Gasteiger partial charge is 0.222 e. The quantitative estimate of drug-likeness (QED) is 0.414. The molecule has 2 saturated heterocycles. The number of hydrogen-bond acceptors (Lipinski definition) is 5. The topological polar surface area (TPSA) is 109 Å². The number of carbonyl (C=O) groups excluding carboxylic acids is 1. The second-order valence-corrected chi connectivity index (χ2v) is 8.43. The maximum atomic E-state index is 11.9. The number of rotatable bonds is 7. The van der Waals surface area contributed by atoms with Crippen LogP contribution in [-0.2, 0) is 19.4 Å². The molecule has 0 aliphatic carbocycles. The van der Waals surface area contributed by atoms with E-state index >= 15 is 0 Å². The van der Waals surface area contributed by atoms with Gasteiger partial charge in [-0.3, -0.25) is 9.79 Å². The van der Waals surface area contributed by atoms with Gasteiger partial charge >= 0.3 is 0 Å². The number of carbonyl (C=O) groups is 1. The van der Waals surface area contributed by atoms with Gasteiger partial charge < -0.3 is 20.7 Å². The molecule has 0 aromatic heterocycles. The lowest BCUT2D eigenvalue weighted by Crippen LogP contribution is -2.41. The van der Waals surface area contributed by atoms with Gasteiger partial charge in [0.1, 0.15) is 0 Å². The average Bonchev–Trinajstić information content (AvgIpc) is 3.14. The van der Waals surface area contributed by atoms with Crippen LogP contribution in [0.2, 0.25) is 0 Å². The van der Waals surface area contributed by atoms with E-state index in [1.54, 1.807) is 0 Å². The van der Waals surface area contributed by atoms with Crippen LogP contribution in [0.1, 0.15) is 32.6 Å². The first kappa shape index (κ1) is 19.0. The molecule has 2 atom stereocenters. The maximum absolute atomic E-state index is 11.9. The third kappa shape index (κ3) is 6.64. The van der Waals surface area contributed by atoms with Gasteiger partial charge in [0.05, 0.1) is 24.2 Å². The number of guanidine groups is 1. The second-order valence-electron chi connectivity index (χ2n) is 6.20. The summed E-state index contributed by atoms with van der Waals surface area (Å²) in [5.74, 6) is 0.748. The first-order chi connectivity index (χ1) is 11.5. The molecule has 0 aromatic rings.